The summed E-state index contributed by atoms with van der Waals surface area (Å²) in [7, 11) is 0. The summed E-state index contributed by atoms with van der Waals surface area (Å²) in [6.07, 6.45) is 0.956. The van der Waals surface area contributed by atoms with E-state index in [1.165, 1.54) is 11.8 Å². The van der Waals surface area contributed by atoms with Gasteiger partial charge in [-0.1, -0.05) is 30.8 Å². The van der Waals surface area contributed by atoms with Crippen LogP contribution in [0.25, 0.3) is 11.1 Å². The molecule has 3 N–H and O–H groups in total. The minimum Gasteiger partial charge on any atom is -0.431 e. The van der Waals surface area contributed by atoms with Crippen LogP contribution in [-0.4, -0.2) is 29.2 Å². The van der Waals surface area contributed by atoms with Crippen LogP contribution in [0.2, 0.25) is 0 Å². The first-order chi connectivity index (χ1) is 9.20. The van der Waals surface area contributed by atoms with Crippen molar-refractivity contribution in [3.8, 4) is 0 Å². The van der Waals surface area contributed by atoms with Gasteiger partial charge in [0.25, 0.3) is 5.22 Å². The highest BCUT2D eigenvalue weighted by atomic mass is 32.2. The van der Waals surface area contributed by atoms with Gasteiger partial charge in [0.2, 0.25) is 5.91 Å². The number of hydrogen-bond donors (Lipinski definition) is 2. The van der Waals surface area contributed by atoms with Crippen LogP contribution in [-0.2, 0) is 4.79 Å². The highest BCUT2D eigenvalue weighted by molar-refractivity contribution is 7.99. The zero-order chi connectivity index (χ0) is 13.7. The Hall–Kier alpha value is -1.53. The topological polar surface area (TPSA) is 81.2 Å². The van der Waals surface area contributed by atoms with Crippen LogP contribution >= 0.6 is 11.8 Å². The van der Waals surface area contributed by atoms with Gasteiger partial charge in [-0.05, 0) is 25.1 Å². The molecule has 0 aliphatic rings. The Morgan fingerprint density at radius 2 is 2.32 bits per heavy atom. The number of carbonyl (C=O) groups excluding carboxylic acids is 1. The number of nitrogens with one attached hydrogen (secondary N) is 1. The van der Waals surface area contributed by atoms with Crippen molar-refractivity contribution in [1.29, 1.82) is 0 Å². The monoisotopic (exact) mass is 279 g/mol. The fourth-order valence-electron chi connectivity index (χ4n) is 1.63. The van der Waals surface area contributed by atoms with Crippen molar-refractivity contribution in [2.45, 2.75) is 24.6 Å². The molecule has 5 nitrogen and oxygen atoms in total. The van der Waals surface area contributed by atoms with Crippen molar-refractivity contribution < 1.29 is 9.21 Å². The Morgan fingerprint density at radius 1 is 1.53 bits per heavy atom. The van der Waals surface area contributed by atoms with Crippen LogP contribution in [0.5, 0.6) is 0 Å². The number of nitrogens with two attached hydrogens (primary N) is 1. The molecule has 0 aliphatic heterocycles. The summed E-state index contributed by atoms with van der Waals surface area (Å²) >= 11 is 1.39. The molecule has 1 heterocycles. The summed E-state index contributed by atoms with van der Waals surface area (Å²) in [6, 6.07) is 7.21. The number of rotatable bonds is 7. The SMILES string of the molecule is CCCNC(CSc1nc2ccccc2o1)C(N)=O. The van der Waals surface area contributed by atoms with Gasteiger partial charge in [-0.2, -0.15) is 0 Å². The van der Waals surface area contributed by atoms with E-state index in [9.17, 15) is 4.79 Å². The molecule has 0 bridgehead atoms. The molecule has 6 heteroatoms. The normalized spacial score (nSPS) is 12.7. The second-order valence-corrected chi connectivity index (χ2v) is 5.14. The molecule has 1 aromatic heterocycles. The lowest BCUT2D eigenvalue weighted by Gasteiger charge is -2.12. The van der Waals surface area contributed by atoms with Crippen molar-refractivity contribution in [2.24, 2.45) is 5.73 Å². The molecule has 0 spiro atoms. The molecule has 0 radical (unpaired) electrons. The molecule has 2 aromatic rings. The van der Waals surface area contributed by atoms with E-state index in [2.05, 4.69) is 10.3 Å². The molecule has 19 heavy (non-hydrogen) atoms. The predicted octanol–water partition coefficient (Wildman–Crippen LogP) is 1.77. The van der Waals surface area contributed by atoms with E-state index in [0.29, 0.717) is 11.0 Å². The maximum atomic E-state index is 11.3. The number of thioether (sulfide) groups is 1. The zero-order valence-corrected chi connectivity index (χ0v) is 11.6. The third-order valence-electron chi connectivity index (χ3n) is 2.63. The zero-order valence-electron chi connectivity index (χ0n) is 10.8. The van der Waals surface area contributed by atoms with Crippen LogP contribution in [0, 0.1) is 0 Å². The van der Waals surface area contributed by atoms with Gasteiger partial charge in [-0.15, -0.1) is 0 Å². The Morgan fingerprint density at radius 3 is 3.00 bits per heavy atom. The molecule has 0 aliphatic carbocycles. The number of fused-ring (bicyclic) bond motifs is 1. The first kappa shape index (κ1) is 13.9. The molecule has 1 atom stereocenters. The molecular weight excluding hydrogens is 262 g/mol. The number of oxazole rings is 1. The predicted molar refractivity (Wildman–Crippen MR) is 76.0 cm³/mol. The van der Waals surface area contributed by atoms with Crippen LogP contribution in [0.1, 0.15) is 13.3 Å². The number of carbonyl (C=O) groups is 1. The first-order valence-electron chi connectivity index (χ1n) is 6.21. The van der Waals surface area contributed by atoms with Gasteiger partial charge in [0, 0.05) is 5.75 Å². The van der Waals surface area contributed by atoms with Gasteiger partial charge in [-0.25, -0.2) is 4.98 Å². The van der Waals surface area contributed by atoms with Gasteiger partial charge in [0.15, 0.2) is 5.58 Å². The maximum absolute atomic E-state index is 11.3. The van der Waals surface area contributed by atoms with E-state index < -0.39 is 0 Å². The fraction of sp³-hybridized carbons (Fsp3) is 0.385. The number of nitrogens with zero attached hydrogens (tertiary/aromatic N) is 1. The highest BCUT2D eigenvalue weighted by Gasteiger charge is 2.16. The van der Waals surface area contributed by atoms with E-state index in [1.54, 1.807) is 0 Å². The number of benzene rings is 1. The number of hydrogen-bond acceptors (Lipinski definition) is 5. The third-order valence-corrected chi connectivity index (χ3v) is 3.55. The van der Waals surface area contributed by atoms with Gasteiger partial charge in [0.05, 0.1) is 6.04 Å². The van der Waals surface area contributed by atoms with Crippen molar-refractivity contribution in [1.82, 2.24) is 10.3 Å². The van der Waals surface area contributed by atoms with Gasteiger partial charge >= 0.3 is 0 Å². The molecule has 102 valence electrons. The Labute approximate surface area is 115 Å². The molecule has 1 amide bonds. The van der Waals surface area contributed by atoms with E-state index in [1.807, 2.05) is 31.2 Å². The standard InChI is InChI=1S/C13H17N3O2S/c1-2-7-15-10(12(14)17)8-19-13-16-9-5-3-4-6-11(9)18-13/h3-6,10,15H,2,7-8H2,1H3,(H2,14,17). The number of amides is 1. The van der Waals surface area contributed by atoms with Crippen molar-refractivity contribution in [3.63, 3.8) is 0 Å². The summed E-state index contributed by atoms with van der Waals surface area (Å²) in [5, 5.41) is 3.67. The van der Waals surface area contributed by atoms with Gasteiger partial charge in [0.1, 0.15) is 5.52 Å². The molecule has 1 aromatic carbocycles. The lowest BCUT2D eigenvalue weighted by atomic mass is 10.3. The second-order valence-electron chi connectivity index (χ2n) is 4.17. The minimum atomic E-state index is -0.361. The van der Waals surface area contributed by atoms with Crippen LogP contribution in [0.15, 0.2) is 33.9 Å². The molecule has 0 saturated carbocycles. The Kier molecular flexibility index (Phi) is 4.81. The Balaban J connectivity index is 1.97. The van der Waals surface area contributed by atoms with Gasteiger partial charge in [-0.3, -0.25) is 4.79 Å². The van der Waals surface area contributed by atoms with E-state index in [0.717, 1.165) is 24.1 Å². The summed E-state index contributed by atoms with van der Waals surface area (Å²) in [5.74, 6) is 0.166. The van der Waals surface area contributed by atoms with Gasteiger partial charge < -0.3 is 15.5 Å². The summed E-state index contributed by atoms with van der Waals surface area (Å²) < 4.78 is 5.57. The van der Waals surface area contributed by atoms with Crippen LogP contribution in [0.3, 0.4) is 0 Å². The minimum absolute atomic E-state index is 0.350. The quantitative estimate of drug-likeness (QED) is 0.755. The largest absolute Gasteiger partial charge is 0.431 e. The average Bonchev–Trinajstić information content (AvgIpc) is 2.81. The van der Waals surface area contributed by atoms with Crippen LogP contribution in [0.4, 0.5) is 0 Å². The van der Waals surface area contributed by atoms with E-state index in [4.69, 9.17) is 10.2 Å². The summed E-state index contributed by atoms with van der Waals surface area (Å²) in [6.45, 7) is 2.81. The number of primary amides is 1. The number of aromatic nitrogens is 1. The third kappa shape index (κ3) is 3.71. The lowest BCUT2D eigenvalue weighted by Crippen LogP contribution is -2.43. The second kappa shape index (κ2) is 6.58. The molecule has 1 unspecified atom stereocenters. The molecular formula is C13H17N3O2S. The summed E-state index contributed by atoms with van der Waals surface area (Å²) in [5.41, 5.74) is 6.92. The number of para-hydroxylation sites is 2. The smallest absolute Gasteiger partial charge is 0.256 e. The molecule has 2 rings (SSSR count). The van der Waals surface area contributed by atoms with Crippen molar-refractivity contribution in [3.05, 3.63) is 24.3 Å². The molecule has 0 fully saturated rings. The fourth-order valence-corrected chi connectivity index (χ4v) is 2.53. The van der Waals surface area contributed by atoms with Crippen LogP contribution < -0.4 is 11.1 Å². The maximum Gasteiger partial charge on any atom is 0.256 e. The Bertz CT molecular complexity index is 523. The summed E-state index contributed by atoms with van der Waals surface area (Å²) in [4.78, 5) is 15.6. The van der Waals surface area contributed by atoms with Crippen molar-refractivity contribution >= 4 is 28.8 Å². The van der Waals surface area contributed by atoms with E-state index in [-0.39, 0.29) is 11.9 Å². The average molecular weight is 279 g/mol. The first-order valence-corrected chi connectivity index (χ1v) is 7.20. The highest BCUT2D eigenvalue weighted by Crippen LogP contribution is 2.23. The van der Waals surface area contributed by atoms with E-state index >= 15 is 0 Å². The van der Waals surface area contributed by atoms with Crippen molar-refractivity contribution in [2.75, 3.05) is 12.3 Å². The molecule has 0 saturated heterocycles. The lowest BCUT2D eigenvalue weighted by molar-refractivity contribution is -0.119.